The Hall–Kier alpha value is -1.33. The smallest absolute Gasteiger partial charge is 0.143 e. The molecule has 1 N–H and O–H groups in total. The van der Waals surface area contributed by atoms with Crippen LogP contribution in [0.5, 0.6) is 0 Å². The van der Waals surface area contributed by atoms with Gasteiger partial charge in [0.2, 0.25) is 0 Å². The lowest BCUT2D eigenvalue weighted by molar-refractivity contribution is 0.170. The molecule has 100 valence electrons. The maximum atomic E-state index is 13.8. The molecular formula is C14H12BrF2NO. The minimum atomic E-state index is -1.04. The topological polar surface area (TPSA) is 33.1 Å². The Morgan fingerprint density at radius 1 is 1.32 bits per heavy atom. The summed E-state index contributed by atoms with van der Waals surface area (Å²) in [5.41, 5.74) is 1.07. The third-order valence-corrected chi connectivity index (χ3v) is 3.51. The SMILES string of the molecule is Cc1cccnc1C(O)Cc1c(F)ccc(Br)c1F. The van der Waals surface area contributed by atoms with Crippen molar-refractivity contribution in [3.05, 3.63) is 63.4 Å². The number of aromatic nitrogens is 1. The largest absolute Gasteiger partial charge is 0.386 e. The average molecular weight is 328 g/mol. The molecule has 2 nitrogen and oxygen atoms in total. The number of halogens is 3. The normalized spacial score (nSPS) is 12.5. The molecule has 0 saturated carbocycles. The van der Waals surface area contributed by atoms with Crippen molar-refractivity contribution in [3.8, 4) is 0 Å². The van der Waals surface area contributed by atoms with Crippen molar-refractivity contribution >= 4 is 15.9 Å². The van der Waals surface area contributed by atoms with E-state index in [1.807, 2.05) is 0 Å². The number of hydrogen-bond acceptors (Lipinski definition) is 2. The summed E-state index contributed by atoms with van der Waals surface area (Å²) < 4.78 is 27.6. The lowest BCUT2D eigenvalue weighted by atomic mass is 10.0. The van der Waals surface area contributed by atoms with Gasteiger partial charge in [-0.2, -0.15) is 0 Å². The molecule has 0 amide bonds. The number of nitrogens with zero attached hydrogens (tertiary/aromatic N) is 1. The molecule has 1 aromatic carbocycles. The molecule has 0 aliphatic carbocycles. The summed E-state index contributed by atoms with van der Waals surface area (Å²) in [6.07, 6.45) is 0.341. The van der Waals surface area contributed by atoms with Crippen molar-refractivity contribution in [1.82, 2.24) is 4.98 Å². The number of benzene rings is 1. The van der Waals surface area contributed by atoms with Gasteiger partial charge in [-0.3, -0.25) is 4.98 Å². The van der Waals surface area contributed by atoms with E-state index in [4.69, 9.17) is 0 Å². The Balaban J connectivity index is 2.32. The predicted molar refractivity (Wildman–Crippen MR) is 71.7 cm³/mol. The van der Waals surface area contributed by atoms with Gasteiger partial charge in [0, 0.05) is 18.2 Å². The summed E-state index contributed by atoms with van der Waals surface area (Å²) in [6.45, 7) is 1.79. The summed E-state index contributed by atoms with van der Waals surface area (Å²) >= 11 is 3.00. The van der Waals surface area contributed by atoms with Gasteiger partial charge in [-0.05, 0) is 46.6 Å². The highest BCUT2D eigenvalue weighted by molar-refractivity contribution is 9.10. The van der Waals surface area contributed by atoms with Crippen molar-refractivity contribution in [1.29, 1.82) is 0 Å². The first-order chi connectivity index (χ1) is 9.00. The van der Waals surface area contributed by atoms with E-state index in [1.165, 1.54) is 12.1 Å². The molecule has 1 heterocycles. The molecule has 0 fully saturated rings. The number of aliphatic hydroxyl groups is 1. The van der Waals surface area contributed by atoms with Crippen LogP contribution >= 0.6 is 15.9 Å². The van der Waals surface area contributed by atoms with E-state index in [1.54, 1.807) is 25.3 Å². The summed E-state index contributed by atoms with van der Waals surface area (Å²) in [7, 11) is 0. The lowest BCUT2D eigenvalue weighted by Gasteiger charge is -2.14. The first-order valence-electron chi connectivity index (χ1n) is 5.72. The van der Waals surface area contributed by atoms with Crippen LogP contribution in [-0.2, 0) is 6.42 Å². The maximum Gasteiger partial charge on any atom is 0.143 e. The van der Waals surface area contributed by atoms with E-state index in [-0.39, 0.29) is 16.5 Å². The highest BCUT2D eigenvalue weighted by atomic mass is 79.9. The molecule has 0 bridgehead atoms. The van der Waals surface area contributed by atoms with Crippen LogP contribution in [0, 0.1) is 18.6 Å². The molecule has 19 heavy (non-hydrogen) atoms. The predicted octanol–water partition coefficient (Wildman–Crippen LogP) is 3.71. The Bertz CT molecular complexity index is 604. The van der Waals surface area contributed by atoms with Crippen molar-refractivity contribution in [2.24, 2.45) is 0 Å². The Morgan fingerprint density at radius 2 is 2.05 bits per heavy atom. The lowest BCUT2D eigenvalue weighted by Crippen LogP contribution is -2.09. The molecule has 1 aromatic heterocycles. The van der Waals surface area contributed by atoms with Crippen molar-refractivity contribution in [2.45, 2.75) is 19.4 Å². The zero-order chi connectivity index (χ0) is 14.0. The number of aliphatic hydroxyl groups excluding tert-OH is 1. The van der Waals surface area contributed by atoms with Gasteiger partial charge in [0.15, 0.2) is 0 Å². The quantitative estimate of drug-likeness (QED) is 0.872. The van der Waals surface area contributed by atoms with Gasteiger partial charge < -0.3 is 5.11 Å². The van der Waals surface area contributed by atoms with Crippen LogP contribution in [0.15, 0.2) is 34.9 Å². The van der Waals surface area contributed by atoms with Crippen LogP contribution < -0.4 is 0 Å². The van der Waals surface area contributed by atoms with Crippen LogP contribution in [0.4, 0.5) is 8.78 Å². The number of aryl methyl sites for hydroxylation is 1. The summed E-state index contributed by atoms with van der Waals surface area (Å²) in [6, 6.07) is 6.00. The van der Waals surface area contributed by atoms with Gasteiger partial charge in [0.25, 0.3) is 0 Å². The molecule has 2 rings (SSSR count). The zero-order valence-electron chi connectivity index (χ0n) is 10.2. The molecule has 0 aliphatic heterocycles. The molecule has 1 unspecified atom stereocenters. The number of pyridine rings is 1. The monoisotopic (exact) mass is 327 g/mol. The van der Waals surface area contributed by atoms with Crippen molar-refractivity contribution in [3.63, 3.8) is 0 Å². The molecule has 5 heteroatoms. The Labute approximate surface area is 118 Å². The van der Waals surface area contributed by atoms with Gasteiger partial charge >= 0.3 is 0 Å². The molecule has 1 atom stereocenters. The molecule has 0 aliphatic rings. The van der Waals surface area contributed by atoms with E-state index in [2.05, 4.69) is 20.9 Å². The zero-order valence-corrected chi connectivity index (χ0v) is 11.8. The van der Waals surface area contributed by atoms with E-state index >= 15 is 0 Å². The first-order valence-corrected chi connectivity index (χ1v) is 6.52. The molecule has 2 aromatic rings. The maximum absolute atomic E-state index is 13.8. The van der Waals surface area contributed by atoms with Gasteiger partial charge in [0.05, 0.1) is 10.2 Å². The van der Waals surface area contributed by atoms with E-state index in [0.29, 0.717) is 5.69 Å². The number of rotatable bonds is 3. The highest BCUT2D eigenvalue weighted by Crippen LogP contribution is 2.26. The molecule has 0 radical (unpaired) electrons. The fourth-order valence-electron chi connectivity index (χ4n) is 1.89. The summed E-state index contributed by atoms with van der Waals surface area (Å²) in [4.78, 5) is 4.05. The first kappa shape index (κ1) is 14.1. The summed E-state index contributed by atoms with van der Waals surface area (Å²) in [5, 5.41) is 10.1. The van der Waals surface area contributed by atoms with Crippen molar-refractivity contribution in [2.75, 3.05) is 0 Å². The minimum Gasteiger partial charge on any atom is -0.386 e. The fourth-order valence-corrected chi connectivity index (χ4v) is 2.26. The third kappa shape index (κ3) is 2.98. The second-order valence-corrected chi connectivity index (χ2v) is 5.10. The fraction of sp³-hybridized carbons (Fsp3) is 0.214. The summed E-state index contributed by atoms with van der Waals surface area (Å²) in [5.74, 6) is -1.36. The van der Waals surface area contributed by atoms with Crippen LogP contribution in [0.3, 0.4) is 0 Å². The molecule has 0 saturated heterocycles. The van der Waals surface area contributed by atoms with Crippen LogP contribution in [0.25, 0.3) is 0 Å². The Kier molecular flexibility index (Phi) is 4.27. The van der Waals surface area contributed by atoms with Gasteiger partial charge in [-0.25, -0.2) is 8.78 Å². The van der Waals surface area contributed by atoms with E-state index in [9.17, 15) is 13.9 Å². The standard InChI is InChI=1S/C14H12BrF2NO/c1-8-3-2-6-18-14(8)12(19)7-9-11(16)5-4-10(15)13(9)17/h2-6,12,19H,7H2,1H3. The molecule has 0 spiro atoms. The van der Waals surface area contributed by atoms with Crippen molar-refractivity contribution < 1.29 is 13.9 Å². The highest BCUT2D eigenvalue weighted by Gasteiger charge is 2.19. The van der Waals surface area contributed by atoms with Crippen LogP contribution in [0.2, 0.25) is 0 Å². The average Bonchev–Trinajstić information content (AvgIpc) is 2.39. The van der Waals surface area contributed by atoms with Gasteiger partial charge in [0.1, 0.15) is 17.7 Å². The van der Waals surface area contributed by atoms with Crippen LogP contribution in [-0.4, -0.2) is 10.1 Å². The van der Waals surface area contributed by atoms with E-state index in [0.717, 1.165) is 5.56 Å². The molecular weight excluding hydrogens is 316 g/mol. The van der Waals surface area contributed by atoms with Gasteiger partial charge in [-0.1, -0.05) is 6.07 Å². The van der Waals surface area contributed by atoms with E-state index < -0.39 is 17.7 Å². The van der Waals surface area contributed by atoms with Gasteiger partial charge in [-0.15, -0.1) is 0 Å². The Morgan fingerprint density at radius 3 is 2.74 bits per heavy atom. The third-order valence-electron chi connectivity index (χ3n) is 2.90. The van der Waals surface area contributed by atoms with Crippen LogP contribution in [0.1, 0.15) is 22.9 Å². The minimum absolute atomic E-state index is 0.146. The second kappa shape index (κ2) is 5.75. The number of hydrogen-bond donors (Lipinski definition) is 1. The second-order valence-electron chi connectivity index (χ2n) is 4.25.